The first-order chi connectivity index (χ1) is 64.3. The topological polar surface area (TPSA) is 319 Å². The minimum absolute atomic E-state index is 0.0394. The molecule has 0 amide bonds. The van der Waals surface area contributed by atoms with Crippen LogP contribution in [-0.4, -0.2) is 123 Å². The van der Waals surface area contributed by atoms with Crippen LogP contribution in [0, 0.1) is 20.8 Å². The number of ether oxygens (including phenoxy) is 1. The third-order valence-electron chi connectivity index (χ3n) is 20.3. The van der Waals surface area contributed by atoms with Gasteiger partial charge in [-0.25, -0.2) is 33.7 Å². The van der Waals surface area contributed by atoms with Gasteiger partial charge in [0.15, 0.2) is 99.2 Å². The number of aliphatic hydroxyl groups excluding tert-OH is 4. The quantitative estimate of drug-likeness (QED) is 0.0295. The molecule has 17 nitrogen and oxygen atoms in total. The van der Waals surface area contributed by atoms with E-state index < -0.39 is 85.9 Å². The lowest BCUT2D eigenvalue weighted by atomic mass is 9.87. The average molecular weight is 2090 g/mol. The lowest BCUT2D eigenvalue weighted by Crippen LogP contribution is -2.39. The van der Waals surface area contributed by atoms with Gasteiger partial charge in [-0.1, -0.05) is 258 Å². The number of rotatable bonds is 21. The van der Waals surface area contributed by atoms with Crippen molar-refractivity contribution in [1.29, 1.82) is 0 Å². The van der Waals surface area contributed by atoms with Gasteiger partial charge in [0.25, 0.3) is 0 Å². The van der Waals surface area contributed by atoms with Crippen molar-refractivity contribution in [1.82, 2.24) is 0 Å². The van der Waals surface area contributed by atoms with E-state index in [2.05, 4.69) is 440 Å². The molecule has 4 unspecified atom stereocenters. The summed E-state index contributed by atoms with van der Waals surface area (Å²) in [5, 5.41) is 14.0. The second kappa shape index (κ2) is 50.8. The summed E-state index contributed by atoms with van der Waals surface area (Å²) < 4.78 is 217. The third kappa shape index (κ3) is 36.6. The highest BCUT2D eigenvalue weighted by Gasteiger charge is 2.46. The molecule has 12 aromatic rings. The molecule has 0 aromatic heterocycles. The van der Waals surface area contributed by atoms with Crippen LogP contribution in [0.5, 0.6) is 5.75 Å². The van der Waals surface area contributed by atoms with Gasteiger partial charge in [-0.15, -0.1) is 0 Å². The van der Waals surface area contributed by atoms with E-state index in [1.54, 1.807) is 0 Å². The largest absolute Gasteiger partial charge is 0.743 e. The van der Waals surface area contributed by atoms with Gasteiger partial charge in [-0.05, 0) is 271 Å². The van der Waals surface area contributed by atoms with Gasteiger partial charge in [0.2, 0.25) is 0 Å². The molecule has 0 saturated carbocycles. The molecular weight excluding hydrogens is 1970 g/mol. The number of aliphatic hydroxyl groups is 4. The van der Waals surface area contributed by atoms with Crippen LogP contribution in [0.1, 0.15) is 170 Å². The number of halogens is 8. The first kappa shape index (κ1) is 121. The normalized spacial score (nSPS) is 13.3. The second-order valence-electron chi connectivity index (χ2n) is 37.5. The molecule has 33 heteroatoms. The van der Waals surface area contributed by atoms with Crippen LogP contribution < -0.4 is 4.74 Å². The molecule has 4 atom stereocenters. The molecule has 4 N–H and O–H groups in total. The van der Waals surface area contributed by atoms with Crippen molar-refractivity contribution in [2.75, 3.05) is 0 Å². The van der Waals surface area contributed by atoms with Crippen molar-refractivity contribution in [3.05, 3.63) is 354 Å². The average Bonchev–Trinajstić information content (AvgIpc) is 0.797. The summed E-state index contributed by atoms with van der Waals surface area (Å²) in [6.07, 6.45) is -9.91. The highest BCUT2D eigenvalue weighted by molar-refractivity contribution is 7.98. The molecule has 0 radical (unpaired) electrons. The highest BCUT2D eigenvalue weighted by Crippen LogP contribution is 2.40. The zero-order valence-corrected chi connectivity index (χ0v) is 88.7. The van der Waals surface area contributed by atoms with Gasteiger partial charge in [0.1, 0.15) is 35.8 Å². The van der Waals surface area contributed by atoms with Crippen LogP contribution in [0.4, 0.5) is 35.1 Å². The van der Waals surface area contributed by atoms with Gasteiger partial charge < -0.3 is 43.4 Å². The monoisotopic (exact) mass is 2090 g/mol. The molecule has 0 fully saturated rings. The van der Waals surface area contributed by atoms with Gasteiger partial charge in [0, 0.05) is 0 Å². The molecular formula is C107H126F8O17S8. The van der Waals surface area contributed by atoms with Crippen LogP contribution in [-0.2, 0) is 106 Å². The fraction of sp³-hybridized carbons (Fsp3) is 0.327. The summed E-state index contributed by atoms with van der Waals surface area (Å²) in [6.45, 7) is 42.0. The first-order valence-corrected chi connectivity index (χ1v) is 54.4. The number of aryl methyl sites for hydroxylation is 3. The molecule has 12 rings (SSSR count). The molecule has 0 spiro atoms. The minimum atomic E-state index is -5.73. The summed E-state index contributed by atoms with van der Waals surface area (Å²) >= 11 is 0. The lowest BCUT2D eigenvalue weighted by Gasteiger charge is -2.21. The Bertz CT molecular complexity index is 5760. The molecule has 140 heavy (non-hydrogen) atoms. The van der Waals surface area contributed by atoms with Crippen molar-refractivity contribution in [2.24, 2.45) is 0 Å². The van der Waals surface area contributed by atoms with Crippen molar-refractivity contribution >= 4 is 84.1 Å². The third-order valence-corrected chi connectivity index (χ3v) is 33.2. The van der Waals surface area contributed by atoms with Gasteiger partial charge >= 0.3 is 21.0 Å². The Balaban J connectivity index is 0.000000293. The zero-order valence-electron chi connectivity index (χ0n) is 82.2. The Morgan fingerprint density at radius 1 is 0.229 bits per heavy atom. The Morgan fingerprint density at radius 2 is 0.357 bits per heavy atom. The summed E-state index contributed by atoms with van der Waals surface area (Å²) in [5.41, 5.74) is 9.95. The van der Waals surface area contributed by atoms with Crippen LogP contribution in [0.25, 0.3) is 0 Å². The Kier molecular flexibility index (Phi) is 44.0. The molecule has 0 aliphatic rings. The number of alkyl halides is 8. The number of hydrogen-bond donors (Lipinski definition) is 4. The van der Waals surface area contributed by atoms with E-state index in [0.717, 1.165) is 5.75 Å². The van der Waals surface area contributed by atoms with Crippen molar-refractivity contribution in [2.45, 2.75) is 284 Å². The second-order valence-corrected chi connectivity index (χ2v) is 51.4. The van der Waals surface area contributed by atoms with E-state index in [-0.39, 0.29) is 70.8 Å². The van der Waals surface area contributed by atoms with Crippen molar-refractivity contribution < 1.29 is 112 Å². The fourth-order valence-electron chi connectivity index (χ4n) is 12.1. The lowest BCUT2D eigenvalue weighted by molar-refractivity contribution is -0.0375. The fourth-order valence-corrected chi connectivity index (χ4v) is 22.0. The molecule has 0 heterocycles. The maximum atomic E-state index is 11.9. The van der Waals surface area contributed by atoms with E-state index in [4.69, 9.17) is 25.2 Å². The summed E-state index contributed by atoms with van der Waals surface area (Å²) in [6, 6.07) is 115. The molecule has 12 aromatic carbocycles. The molecule has 0 aliphatic heterocycles. The number of benzene rings is 12. The summed E-state index contributed by atoms with van der Waals surface area (Å²) in [5.74, 6) is 0.913. The van der Waals surface area contributed by atoms with E-state index in [9.17, 15) is 87.0 Å². The number of hydrogen-bond acceptors (Lipinski definition) is 17. The van der Waals surface area contributed by atoms with Crippen LogP contribution in [0.3, 0.4) is 0 Å². The van der Waals surface area contributed by atoms with E-state index in [1.807, 2.05) is 0 Å². The van der Waals surface area contributed by atoms with Crippen molar-refractivity contribution in [3.63, 3.8) is 0 Å². The Morgan fingerprint density at radius 3 is 0.471 bits per heavy atom. The summed E-state index contributed by atoms with van der Waals surface area (Å²) in [7, 11) is -23.3. The first-order valence-electron chi connectivity index (χ1n) is 43.9. The molecule has 0 bridgehead atoms. The molecule has 0 aliphatic carbocycles. The van der Waals surface area contributed by atoms with Gasteiger partial charge in [-0.3, -0.25) is 0 Å². The SMILES string of the molecule is CC(C)(C)Oc1ccc([S+](c2ccccc2)c2ccccc2)cc1.CC(C)(C)c1ccc([S+](c2ccc(C(C)(C)C)cc2)c2ccc(C(C)(C)C)cc2)cc1.CC(C)(C)c1ccc([S+](c2ccccc2)c2ccccc2)cc1.CC(O)C(F)(F)S(=O)(=O)[O-].CC(O)C(F)(F)S(=O)(=O)[O-].CC(O)C(F)(F)S(=O)(=O)[O-].CC(O)C(F)(F)S(=O)(=O)[O-].Cc1ccc([S+](c2ccc(C)cc2)c2ccc(C)cc2)cc1. The molecule has 0 saturated heterocycles. The van der Waals surface area contributed by atoms with Crippen LogP contribution in [0.2, 0.25) is 0 Å². The molecule has 760 valence electrons. The summed E-state index contributed by atoms with van der Waals surface area (Å²) in [4.78, 5) is 16.3. The predicted octanol–water partition coefficient (Wildman–Crippen LogP) is 24.4. The maximum Gasteiger partial charge on any atom is 0.359 e. The van der Waals surface area contributed by atoms with Crippen molar-refractivity contribution in [3.8, 4) is 5.75 Å². The van der Waals surface area contributed by atoms with E-state index in [1.165, 1.54) is 97.7 Å². The minimum Gasteiger partial charge on any atom is -0.743 e. The van der Waals surface area contributed by atoms with Crippen LogP contribution in [0.15, 0.2) is 374 Å². The standard InChI is InChI=1S/C30H39S.C22H23OS.C22H23S.C21H21S.4C3H6F2O4S/c1-28(2,3)22-10-16-25(17-11-22)31(26-18-12-23(13-19-26)29(4,5)6)27-20-14-24(15-21-27)30(7,8)9;1-22(2,3)23-18-14-16-21(17-15-18)24(19-10-6-4-7-11-19)20-12-8-5-9-13-20;1-22(2,3)18-14-16-21(17-15-18)23(19-10-6-4-7-11-19)20-12-8-5-9-13-20;1-16-4-10-19(11-5-16)22(20-12-6-17(2)7-13-20)21-14-8-18(3)9-15-21;4*1-2(6)3(4,5)10(7,8)9/h10-21H,1-9H3;4-17H,1-3H3;4-17H,1-3H3;4-15H,1-3H3;4*2,6H,1H3,(H,7,8,9)/q4*+1;;;;/p-4. The van der Waals surface area contributed by atoms with Crippen LogP contribution >= 0.6 is 0 Å². The smallest absolute Gasteiger partial charge is 0.359 e. The van der Waals surface area contributed by atoms with E-state index >= 15 is 0 Å². The van der Waals surface area contributed by atoms with Gasteiger partial charge in [-0.2, -0.15) is 35.1 Å². The zero-order chi connectivity index (χ0) is 106. The van der Waals surface area contributed by atoms with E-state index in [0.29, 0.717) is 27.7 Å². The highest BCUT2D eigenvalue weighted by atomic mass is 32.2. The predicted molar refractivity (Wildman–Crippen MR) is 541 cm³/mol. The van der Waals surface area contributed by atoms with Gasteiger partial charge in [0.05, 0.1) is 43.6 Å². The Labute approximate surface area is 833 Å². The Hall–Kier alpha value is -9.24. The maximum absolute atomic E-state index is 11.9.